The molecular weight excluding hydrogens is 236 g/mol. The van der Waals surface area contributed by atoms with Gasteiger partial charge in [0.15, 0.2) is 0 Å². The molecule has 0 spiro atoms. The number of aromatic nitrogens is 1. The average molecular weight is 260 g/mol. The van der Waals surface area contributed by atoms with Crippen molar-refractivity contribution in [2.24, 2.45) is 17.8 Å². The zero-order chi connectivity index (χ0) is 13.2. The number of rotatable bonds is 2. The molecule has 3 nitrogen and oxygen atoms in total. The molecule has 0 amide bonds. The fraction of sp³-hybridized carbons (Fsp3) is 0.812. The molecule has 4 saturated carbocycles. The van der Waals surface area contributed by atoms with Gasteiger partial charge < -0.3 is 10.3 Å². The maximum absolute atomic E-state index is 6.03. The Hall–Kier alpha value is -0.990. The molecule has 3 heteroatoms. The smallest absolute Gasteiger partial charge is 0.225 e. The van der Waals surface area contributed by atoms with Gasteiger partial charge in [0.2, 0.25) is 5.88 Å². The van der Waals surface area contributed by atoms with Crippen LogP contribution in [-0.2, 0) is 5.41 Å². The van der Waals surface area contributed by atoms with Gasteiger partial charge in [0, 0.05) is 11.0 Å². The molecule has 4 aliphatic carbocycles. The van der Waals surface area contributed by atoms with E-state index < -0.39 is 0 Å². The van der Waals surface area contributed by atoms with Crippen LogP contribution in [-0.4, -0.2) is 5.16 Å². The summed E-state index contributed by atoms with van der Waals surface area (Å²) in [5.74, 6) is 3.77. The lowest BCUT2D eigenvalue weighted by Crippen LogP contribution is -2.49. The highest BCUT2D eigenvalue weighted by Crippen LogP contribution is 2.61. The van der Waals surface area contributed by atoms with E-state index in [1.165, 1.54) is 49.8 Å². The maximum Gasteiger partial charge on any atom is 0.225 e. The Balaban J connectivity index is 1.80. The number of nitrogens with zero attached hydrogens (tertiary/aromatic N) is 1. The Labute approximate surface area is 114 Å². The van der Waals surface area contributed by atoms with Crippen LogP contribution in [0.25, 0.3) is 0 Å². The lowest BCUT2D eigenvalue weighted by Gasteiger charge is -2.56. The van der Waals surface area contributed by atoms with Crippen LogP contribution in [0.4, 0.5) is 5.88 Å². The monoisotopic (exact) mass is 260 g/mol. The number of nitrogens with two attached hydrogens (primary N) is 1. The Bertz CT molecular complexity index is 468. The second-order valence-corrected chi connectivity index (χ2v) is 7.66. The summed E-state index contributed by atoms with van der Waals surface area (Å²) in [5, 5.41) is 4.43. The van der Waals surface area contributed by atoms with Crippen molar-refractivity contribution in [1.29, 1.82) is 0 Å². The van der Waals surface area contributed by atoms with E-state index >= 15 is 0 Å². The maximum atomic E-state index is 6.03. The van der Waals surface area contributed by atoms with Crippen molar-refractivity contribution in [3.63, 3.8) is 0 Å². The van der Waals surface area contributed by atoms with Gasteiger partial charge in [-0.05, 0) is 62.2 Å². The van der Waals surface area contributed by atoms with E-state index in [4.69, 9.17) is 10.3 Å². The molecule has 0 atom stereocenters. The number of hydrogen-bond acceptors (Lipinski definition) is 3. The van der Waals surface area contributed by atoms with Crippen molar-refractivity contribution >= 4 is 5.88 Å². The lowest BCUT2D eigenvalue weighted by molar-refractivity contribution is -0.00889. The summed E-state index contributed by atoms with van der Waals surface area (Å²) >= 11 is 0. The van der Waals surface area contributed by atoms with Gasteiger partial charge in [-0.3, -0.25) is 0 Å². The van der Waals surface area contributed by atoms with Crippen molar-refractivity contribution < 1.29 is 4.52 Å². The molecule has 0 unspecified atom stereocenters. The topological polar surface area (TPSA) is 52.0 Å². The van der Waals surface area contributed by atoms with E-state index in [9.17, 15) is 0 Å². The zero-order valence-corrected chi connectivity index (χ0v) is 12.0. The molecule has 0 aliphatic heterocycles. The lowest BCUT2D eigenvalue weighted by atomic mass is 9.48. The molecule has 4 aliphatic rings. The summed E-state index contributed by atoms with van der Waals surface area (Å²) in [7, 11) is 0. The first-order valence-corrected chi connectivity index (χ1v) is 7.83. The molecule has 104 valence electrons. The summed E-state index contributed by atoms with van der Waals surface area (Å²) in [6.45, 7) is 4.40. The minimum absolute atomic E-state index is 0.301. The van der Waals surface area contributed by atoms with E-state index in [0.717, 1.165) is 17.8 Å². The van der Waals surface area contributed by atoms with Crippen LogP contribution in [0.5, 0.6) is 0 Å². The standard InChI is InChI=1S/C16H24N2O/c1-9(2)13-14(18-19-15(13)17)16-6-10-3-11(7-16)5-12(4-10)8-16/h9-12H,3-8,17H2,1-2H3. The summed E-state index contributed by atoms with van der Waals surface area (Å²) in [6, 6.07) is 0. The summed E-state index contributed by atoms with van der Waals surface area (Å²) in [5.41, 5.74) is 8.75. The van der Waals surface area contributed by atoms with Crippen molar-refractivity contribution in [2.45, 2.75) is 63.7 Å². The first kappa shape index (κ1) is 11.8. The second kappa shape index (κ2) is 3.77. The quantitative estimate of drug-likeness (QED) is 0.878. The van der Waals surface area contributed by atoms with Gasteiger partial charge in [0.1, 0.15) is 0 Å². The van der Waals surface area contributed by atoms with Crippen LogP contribution in [0, 0.1) is 17.8 Å². The molecule has 4 bridgehead atoms. The normalized spacial score (nSPS) is 40.3. The van der Waals surface area contributed by atoms with Gasteiger partial charge in [-0.2, -0.15) is 0 Å². The van der Waals surface area contributed by atoms with Crippen LogP contribution in [0.3, 0.4) is 0 Å². The van der Waals surface area contributed by atoms with Crippen LogP contribution < -0.4 is 5.73 Å². The molecule has 19 heavy (non-hydrogen) atoms. The van der Waals surface area contributed by atoms with Gasteiger partial charge in [-0.15, -0.1) is 0 Å². The molecule has 5 rings (SSSR count). The average Bonchev–Trinajstić information content (AvgIpc) is 2.70. The fourth-order valence-electron chi connectivity index (χ4n) is 5.65. The van der Waals surface area contributed by atoms with E-state index in [-0.39, 0.29) is 0 Å². The predicted octanol–water partition coefficient (Wildman–Crippen LogP) is 3.85. The van der Waals surface area contributed by atoms with E-state index in [0.29, 0.717) is 17.2 Å². The molecule has 2 N–H and O–H groups in total. The zero-order valence-electron chi connectivity index (χ0n) is 12.0. The fourth-order valence-corrected chi connectivity index (χ4v) is 5.65. The third-order valence-electron chi connectivity index (χ3n) is 5.87. The highest BCUT2D eigenvalue weighted by molar-refractivity contribution is 5.45. The Morgan fingerprint density at radius 2 is 1.63 bits per heavy atom. The summed E-state index contributed by atoms with van der Waals surface area (Å²) < 4.78 is 5.37. The van der Waals surface area contributed by atoms with Gasteiger partial charge in [0.05, 0.1) is 5.69 Å². The van der Waals surface area contributed by atoms with Crippen molar-refractivity contribution in [2.75, 3.05) is 5.73 Å². The third kappa shape index (κ3) is 1.60. The molecule has 1 aromatic rings. The van der Waals surface area contributed by atoms with E-state index in [2.05, 4.69) is 19.0 Å². The predicted molar refractivity (Wildman–Crippen MR) is 74.9 cm³/mol. The Morgan fingerprint density at radius 1 is 1.11 bits per heavy atom. The molecule has 0 radical (unpaired) electrons. The Kier molecular flexibility index (Phi) is 2.34. The minimum atomic E-state index is 0.301. The van der Waals surface area contributed by atoms with Crippen molar-refractivity contribution in [1.82, 2.24) is 5.16 Å². The second-order valence-electron chi connectivity index (χ2n) is 7.66. The van der Waals surface area contributed by atoms with Gasteiger partial charge in [-0.1, -0.05) is 19.0 Å². The van der Waals surface area contributed by atoms with Crippen LogP contribution >= 0.6 is 0 Å². The SMILES string of the molecule is CC(C)c1c(C23CC4CC(CC(C4)C2)C3)noc1N. The number of nitrogen functional groups attached to an aromatic ring is 1. The highest BCUT2D eigenvalue weighted by Gasteiger charge is 2.54. The van der Waals surface area contributed by atoms with Gasteiger partial charge >= 0.3 is 0 Å². The molecule has 4 fully saturated rings. The molecular formula is C16H24N2O. The van der Waals surface area contributed by atoms with E-state index in [1.54, 1.807) is 0 Å². The van der Waals surface area contributed by atoms with Crippen molar-refractivity contribution in [3.05, 3.63) is 11.3 Å². The number of hydrogen-bond donors (Lipinski definition) is 1. The minimum Gasteiger partial charge on any atom is -0.367 e. The first-order chi connectivity index (χ1) is 9.07. The van der Waals surface area contributed by atoms with Crippen LogP contribution in [0.1, 0.15) is 69.5 Å². The molecule has 1 aromatic heterocycles. The third-order valence-corrected chi connectivity index (χ3v) is 5.87. The summed E-state index contributed by atoms with van der Waals surface area (Å²) in [4.78, 5) is 0. The number of anilines is 1. The Morgan fingerprint density at radius 3 is 2.11 bits per heavy atom. The van der Waals surface area contributed by atoms with Gasteiger partial charge in [-0.25, -0.2) is 0 Å². The van der Waals surface area contributed by atoms with Crippen LogP contribution in [0.2, 0.25) is 0 Å². The van der Waals surface area contributed by atoms with Crippen molar-refractivity contribution in [3.8, 4) is 0 Å². The van der Waals surface area contributed by atoms with Gasteiger partial charge in [0.25, 0.3) is 0 Å². The molecule has 1 heterocycles. The first-order valence-electron chi connectivity index (χ1n) is 7.83. The van der Waals surface area contributed by atoms with Crippen LogP contribution in [0.15, 0.2) is 4.52 Å². The molecule has 0 aromatic carbocycles. The largest absolute Gasteiger partial charge is 0.367 e. The molecule has 0 saturated heterocycles. The highest BCUT2D eigenvalue weighted by atomic mass is 16.5. The summed E-state index contributed by atoms with van der Waals surface area (Å²) in [6.07, 6.45) is 8.36. The van der Waals surface area contributed by atoms with E-state index in [1.807, 2.05) is 0 Å².